The Bertz CT molecular complexity index is 983. The predicted molar refractivity (Wildman–Crippen MR) is 148 cm³/mol. The number of aromatic amines is 2. The van der Waals surface area contributed by atoms with E-state index in [4.69, 9.17) is 23.7 Å². The molecule has 0 spiro atoms. The SMILES string of the molecule is CNC(=O)CCOCCOCCOCCOCCOCc1cn(CCC(C)C)nn1.Cc1cc(=O)[nH]c(=S)[nH]1. The molecule has 39 heavy (non-hydrogen) atoms. The van der Waals surface area contributed by atoms with Crippen molar-refractivity contribution < 1.29 is 28.5 Å². The van der Waals surface area contributed by atoms with Crippen molar-refractivity contribution in [3.63, 3.8) is 0 Å². The summed E-state index contributed by atoms with van der Waals surface area (Å²) in [4.78, 5) is 26.7. The topological polar surface area (TPSA) is 155 Å². The number of amides is 1. The molecule has 0 radical (unpaired) electrons. The molecule has 13 nitrogen and oxygen atoms in total. The van der Waals surface area contributed by atoms with Crippen LogP contribution in [0, 0.1) is 17.6 Å². The smallest absolute Gasteiger partial charge is 0.251 e. The Balaban J connectivity index is 0.000000708. The van der Waals surface area contributed by atoms with E-state index in [1.54, 1.807) is 14.0 Å². The first-order chi connectivity index (χ1) is 18.8. The number of H-pyrrole nitrogens is 2. The van der Waals surface area contributed by atoms with Crippen LogP contribution in [0.4, 0.5) is 0 Å². The van der Waals surface area contributed by atoms with Gasteiger partial charge in [-0.3, -0.25) is 19.3 Å². The summed E-state index contributed by atoms with van der Waals surface area (Å²) in [7, 11) is 1.61. The number of carbonyl (C=O) groups excluding carboxylic acids is 1. The fraction of sp³-hybridized carbons (Fsp3) is 0.720. The summed E-state index contributed by atoms with van der Waals surface area (Å²) >= 11 is 4.68. The average molecular weight is 573 g/mol. The summed E-state index contributed by atoms with van der Waals surface area (Å²) in [6, 6.07) is 1.45. The van der Waals surface area contributed by atoms with Gasteiger partial charge in [0.1, 0.15) is 5.69 Å². The monoisotopic (exact) mass is 572 g/mol. The normalized spacial score (nSPS) is 10.9. The molecule has 14 heteroatoms. The van der Waals surface area contributed by atoms with E-state index in [0.717, 1.165) is 24.4 Å². The van der Waals surface area contributed by atoms with Crippen molar-refractivity contribution in [1.82, 2.24) is 30.3 Å². The first-order valence-corrected chi connectivity index (χ1v) is 13.5. The number of nitrogens with one attached hydrogen (secondary N) is 3. The van der Waals surface area contributed by atoms with Gasteiger partial charge in [0.05, 0.1) is 72.3 Å². The maximum Gasteiger partial charge on any atom is 0.251 e. The lowest BCUT2D eigenvalue weighted by atomic mass is 10.1. The minimum Gasteiger partial charge on any atom is -0.379 e. The molecule has 0 unspecified atom stereocenters. The van der Waals surface area contributed by atoms with Gasteiger partial charge in [0.25, 0.3) is 5.56 Å². The Hall–Kier alpha value is -2.49. The van der Waals surface area contributed by atoms with E-state index in [-0.39, 0.29) is 11.5 Å². The van der Waals surface area contributed by atoms with Crippen LogP contribution in [-0.4, -0.2) is 97.4 Å². The van der Waals surface area contributed by atoms with Crippen LogP contribution in [0.5, 0.6) is 0 Å². The van der Waals surface area contributed by atoms with Gasteiger partial charge < -0.3 is 34.0 Å². The van der Waals surface area contributed by atoms with Gasteiger partial charge in [0, 0.05) is 31.8 Å². The van der Waals surface area contributed by atoms with Crippen molar-refractivity contribution in [3.05, 3.63) is 38.8 Å². The van der Waals surface area contributed by atoms with Gasteiger partial charge in [-0.25, -0.2) is 0 Å². The van der Waals surface area contributed by atoms with Crippen molar-refractivity contribution in [2.24, 2.45) is 5.92 Å². The van der Waals surface area contributed by atoms with Crippen molar-refractivity contribution in [2.45, 2.75) is 46.8 Å². The van der Waals surface area contributed by atoms with Gasteiger partial charge in [-0.15, -0.1) is 5.10 Å². The molecule has 2 aromatic rings. The lowest BCUT2D eigenvalue weighted by Crippen LogP contribution is -2.20. The molecule has 2 aromatic heterocycles. The molecule has 0 fully saturated rings. The number of rotatable bonds is 20. The highest BCUT2D eigenvalue weighted by molar-refractivity contribution is 7.71. The summed E-state index contributed by atoms with van der Waals surface area (Å²) in [6.07, 6.45) is 3.38. The van der Waals surface area contributed by atoms with Gasteiger partial charge in [-0.05, 0) is 31.5 Å². The van der Waals surface area contributed by atoms with Crippen LogP contribution in [-0.2, 0) is 41.6 Å². The maximum absolute atomic E-state index is 11.0. The first-order valence-electron chi connectivity index (χ1n) is 13.1. The third kappa shape index (κ3) is 20.1. The number of ether oxygens (including phenoxy) is 5. The lowest BCUT2D eigenvalue weighted by Gasteiger charge is -2.07. The Morgan fingerprint density at radius 3 is 2.05 bits per heavy atom. The third-order valence-corrected chi connectivity index (χ3v) is 5.11. The van der Waals surface area contributed by atoms with Gasteiger partial charge in [0.15, 0.2) is 4.77 Å². The molecular formula is C25H44N6O7S. The second-order valence-corrected chi connectivity index (χ2v) is 9.26. The molecule has 3 N–H and O–H groups in total. The molecule has 0 atom stereocenters. The number of carbonyl (C=O) groups is 1. The van der Waals surface area contributed by atoms with Crippen LogP contribution in [0.25, 0.3) is 0 Å². The molecule has 0 aliphatic carbocycles. The van der Waals surface area contributed by atoms with E-state index in [0.29, 0.717) is 83.2 Å². The molecule has 2 rings (SSSR count). The summed E-state index contributed by atoms with van der Waals surface area (Å²) in [5, 5.41) is 10.7. The molecular weight excluding hydrogens is 528 g/mol. The molecule has 0 saturated heterocycles. The zero-order valence-electron chi connectivity index (χ0n) is 23.5. The first kappa shape index (κ1) is 34.5. The Labute approximate surface area is 234 Å². The lowest BCUT2D eigenvalue weighted by molar-refractivity contribution is -0.121. The van der Waals surface area contributed by atoms with E-state index >= 15 is 0 Å². The molecule has 0 aromatic carbocycles. The number of aromatic nitrogens is 5. The zero-order chi connectivity index (χ0) is 28.7. The fourth-order valence-electron chi connectivity index (χ4n) is 2.84. The Kier molecular flexibility index (Phi) is 19.8. The van der Waals surface area contributed by atoms with Crippen molar-refractivity contribution >= 4 is 18.1 Å². The van der Waals surface area contributed by atoms with Crippen LogP contribution in [0.15, 0.2) is 17.1 Å². The molecule has 2 heterocycles. The minimum atomic E-state index is -0.156. The largest absolute Gasteiger partial charge is 0.379 e. The van der Waals surface area contributed by atoms with E-state index in [1.165, 1.54) is 6.07 Å². The summed E-state index contributed by atoms with van der Waals surface area (Å²) in [5.74, 6) is 0.619. The van der Waals surface area contributed by atoms with Gasteiger partial charge >= 0.3 is 0 Å². The highest BCUT2D eigenvalue weighted by Crippen LogP contribution is 2.03. The standard InChI is InChI=1S/C20H38N4O6.C5H6N2OS/c1-18(2)4-6-24-16-19(22-23-24)17-30-15-14-29-13-12-28-11-10-27-9-8-26-7-5-20(25)21-3;1-3-2-4(8)7-5(9)6-3/h16,18H,4-15,17H2,1-3H3,(H,21,25);2H,1H3,(H2,6,7,8,9). The van der Waals surface area contributed by atoms with Crippen LogP contribution >= 0.6 is 12.2 Å². The zero-order valence-corrected chi connectivity index (χ0v) is 24.3. The molecule has 0 aliphatic heterocycles. The second-order valence-electron chi connectivity index (χ2n) is 8.85. The number of hydrogen-bond acceptors (Lipinski definition) is 10. The van der Waals surface area contributed by atoms with E-state index < -0.39 is 0 Å². The average Bonchev–Trinajstić information content (AvgIpc) is 3.34. The Morgan fingerprint density at radius 2 is 1.54 bits per heavy atom. The quantitative estimate of drug-likeness (QED) is 0.158. The van der Waals surface area contributed by atoms with Crippen LogP contribution < -0.4 is 10.9 Å². The van der Waals surface area contributed by atoms with Gasteiger partial charge in [-0.2, -0.15) is 0 Å². The molecule has 0 aliphatic rings. The minimum absolute atomic E-state index is 0.0281. The fourth-order valence-corrected chi connectivity index (χ4v) is 3.10. The molecule has 0 saturated carbocycles. The van der Waals surface area contributed by atoms with Crippen LogP contribution in [0.1, 0.15) is 38.1 Å². The van der Waals surface area contributed by atoms with E-state index in [2.05, 4.69) is 51.7 Å². The summed E-state index contributed by atoms with van der Waals surface area (Å²) in [6.45, 7) is 11.9. The van der Waals surface area contributed by atoms with Crippen molar-refractivity contribution in [3.8, 4) is 0 Å². The van der Waals surface area contributed by atoms with Gasteiger partial charge in [0.2, 0.25) is 5.91 Å². The molecule has 222 valence electrons. The number of aryl methyl sites for hydroxylation is 2. The summed E-state index contributed by atoms with van der Waals surface area (Å²) < 4.78 is 29.3. The number of hydrogen-bond donors (Lipinski definition) is 3. The van der Waals surface area contributed by atoms with Crippen LogP contribution in [0.3, 0.4) is 0 Å². The van der Waals surface area contributed by atoms with Crippen molar-refractivity contribution in [1.29, 1.82) is 0 Å². The third-order valence-electron chi connectivity index (χ3n) is 4.91. The number of nitrogens with zero attached hydrogens (tertiary/aromatic N) is 3. The second kappa shape index (κ2) is 22.3. The van der Waals surface area contributed by atoms with Crippen molar-refractivity contribution in [2.75, 3.05) is 66.5 Å². The molecule has 0 bridgehead atoms. The Morgan fingerprint density at radius 1 is 0.974 bits per heavy atom. The molecule has 1 amide bonds. The van der Waals surface area contributed by atoms with Crippen LogP contribution in [0.2, 0.25) is 0 Å². The summed E-state index contributed by atoms with van der Waals surface area (Å²) in [5.41, 5.74) is 1.46. The van der Waals surface area contributed by atoms with E-state index in [1.807, 2.05) is 10.9 Å². The highest BCUT2D eigenvalue weighted by atomic mass is 32.1. The van der Waals surface area contributed by atoms with E-state index in [9.17, 15) is 9.59 Å². The predicted octanol–water partition coefficient (Wildman–Crippen LogP) is 1.78. The highest BCUT2D eigenvalue weighted by Gasteiger charge is 2.02. The maximum atomic E-state index is 11.0. The van der Waals surface area contributed by atoms with Gasteiger partial charge in [-0.1, -0.05) is 19.1 Å².